The maximum atomic E-state index is 12.5. The van der Waals surface area contributed by atoms with Gasteiger partial charge in [0.1, 0.15) is 5.75 Å². The van der Waals surface area contributed by atoms with Crippen LogP contribution in [0.5, 0.6) is 5.75 Å². The van der Waals surface area contributed by atoms with Gasteiger partial charge in [-0.15, -0.1) is 0 Å². The minimum absolute atomic E-state index is 0.241. The number of alkyl halides is 2. The molecule has 0 bridgehead atoms. The molecule has 0 radical (unpaired) electrons. The number of para-hydroxylation sites is 1. The van der Waals surface area contributed by atoms with Crippen LogP contribution in [0.1, 0.15) is 5.56 Å². The van der Waals surface area contributed by atoms with E-state index < -0.39 is 11.7 Å². The van der Waals surface area contributed by atoms with Crippen LogP contribution in [0.3, 0.4) is 0 Å². The van der Waals surface area contributed by atoms with E-state index in [1.807, 2.05) is 0 Å². The molecule has 2 aromatic carbocycles. The lowest BCUT2D eigenvalue weighted by molar-refractivity contribution is -0.118. The average Bonchev–Trinajstić information content (AvgIpc) is 2.50. The molecule has 0 aliphatic heterocycles. The molecule has 2 rings (SSSR count). The number of carbonyl (C=O) groups excluding carboxylic acids is 1. The molecule has 0 heterocycles. The Balaban J connectivity index is 1.99. The summed E-state index contributed by atoms with van der Waals surface area (Å²) in [6, 6.07) is 11.5. The zero-order chi connectivity index (χ0) is 16.8. The molecule has 0 saturated heterocycles. The van der Waals surface area contributed by atoms with Crippen molar-refractivity contribution < 1.29 is 18.3 Å². The van der Waals surface area contributed by atoms with Gasteiger partial charge in [-0.3, -0.25) is 4.79 Å². The molecule has 3 nitrogen and oxygen atoms in total. The summed E-state index contributed by atoms with van der Waals surface area (Å²) in [5.74, 6) is -2.49. The van der Waals surface area contributed by atoms with Gasteiger partial charge < -0.3 is 10.1 Å². The van der Waals surface area contributed by atoms with Gasteiger partial charge >= 0.3 is 0 Å². The Labute approximate surface area is 142 Å². The normalized spacial score (nSPS) is 10.7. The number of thioether (sulfide) groups is 1. The number of hydrogen-bond donors (Lipinski definition) is 1. The number of carbonyl (C=O) groups is 1. The molecule has 0 aromatic heterocycles. The van der Waals surface area contributed by atoms with Gasteiger partial charge in [0.15, 0.2) is 6.61 Å². The lowest BCUT2D eigenvalue weighted by Gasteiger charge is -2.12. The first kappa shape index (κ1) is 17.6. The second-order valence-corrected chi connectivity index (χ2v) is 6.01. The first-order valence-electron chi connectivity index (χ1n) is 6.69. The number of anilines is 1. The summed E-state index contributed by atoms with van der Waals surface area (Å²) in [5, 5.41) is 3.11. The molecule has 2 aromatic rings. The van der Waals surface area contributed by atoms with Crippen LogP contribution in [0.2, 0.25) is 5.02 Å². The maximum Gasteiger partial charge on any atom is 0.288 e. The van der Waals surface area contributed by atoms with E-state index in [-0.39, 0.29) is 6.61 Å². The number of rotatable bonds is 6. The standard InChI is InChI=1S/C16H14ClF2NO2S/c1-10-11(17)5-4-7-13(10)22-9-15(21)20-12-6-2-3-8-14(12)23-16(18)19/h2-8,16H,9H2,1H3,(H,20,21). The van der Waals surface area contributed by atoms with Crippen molar-refractivity contribution in [3.8, 4) is 5.75 Å². The monoisotopic (exact) mass is 357 g/mol. The molecule has 0 saturated carbocycles. The summed E-state index contributed by atoms with van der Waals surface area (Å²) in [5.41, 5.74) is 1.06. The fraction of sp³-hybridized carbons (Fsp3) is 0.188. The van der Waals surface area contributed by atoms with Crippen LogP contribution >= 0.6 is 23.4 Å². The van der Waals surface area contributed by atoms with Gasteiger partial charge in [-0.1, -0.05) is 41.6 Å². The van der Waals surface area contributed by atoms with E-state index in [1.165, 1.54) is 6.07 Å². The van der Waals surface area contributed by atoms with Crippen molar-refractivity contribution in [2.24, 2.45) is 0 Å². The largest absolute Gasteiger partial charge is 0.483 e. The van der Waals surface area contributed by atoms with Crippen LogP contribution in [0.4, 0.5) is 14.5 Å². The van der Waals surface area contributed by atoms with Crippen molar-refractivity contribution >= 4 is 35.0 Å². The lowest BCUT2D eigenvalue weighted by atomic mass is 10.2. The molecule has 1 amide bonds. The molecule has 7 heteroatoms. The Morgan fingerprint density at radius 2 is 2.00 bits per heavy atom. The highest BCUT2D eigenvalue weighted by Gasteiger charge is 2.12. The fourth-order valence-electron chi connectivity index (χ4n) is 1.84. The Hall–Kier alpha value is -1.79. The molecule has 0 fully saturated rings. The highest BCUT2D eigenvalue weighted by atomic mass is 35.5. The Bertz CT molecular complexity index is 698. The van der Waals surface area contributed by atoms with E-state index in [2.05, 4.69) is 5.32 Å². The molecule has 0 spiro atoms. The molecule has 0 unspecified atom stereocenters. The number of hydrogen-bond acceptors (Lipinski definition) is 3. The van der Waals surface area contributed by atoms with Gasteiger partial charge in [0.2, 0.25) is 0 Å². The minimum Gasteiger partial charge on any atom is -0.483 e. The van der Waals surface area contributed by atoms with Gasteiger partial charge in [0.05, 0.1) is 5.69 Å². The number of nitrogens with one attached hydrogen (secondary N) is 1. The van der Waals surface area contributed by atoms with Gasteiger partial charge in [-0.05, 0) is 31.2 Å². The van der Waals surface area contributed by atoms with E-state index in [4.69, 9.17) is 16.3 Å². The van der Waals surface area contributed by atoms with Crippen LogP contribution in [0, 0.1) is 6.92 Å². The van der Waals surface area contributed by atoms with Crippen LogP contribution in [-0.4, -0.2) is 18.3 Å². The zero-order valence-corrected chi connectivity index (χ0v) is 13.8. The molecule has 0 aliphatic rings. The van der Waals surface area contributed by atoms with Gasteiger partial charge in [-0.2, -0.15) is 8.78 Å². The summed E-state index contributed by atoms with van der Waals surface area (Å²) in [4.78, 5) is 12.3. The smallest absolute Gasteiger partial charge is 0.288 e. The number of ether oxygens (including phenoxy) is 1. The molecule has 23 heavy (non-hydrogen) atoms. The average molecular weight is 358 g/mol. The molecule has 0 atom stereocenters. The predicted molar refractivity (Wildman–Crippen MR) is 88.6 cm³/mol. The van der Waals surface area contributed by atoms with Crippen LogP contribution < -0.4 is 10.1 Å². The molecule has 0 aliphatic carbocycles. The highest BCUT2D eigenvalue weighted by Crippen LogP contribution is 2.31. The second kappa shape index (κ2) is 8.17. The van der Waals surface area contributed by atoms with E-state index >= 15 is 0 Å². The van der Waals surface area contributed by atoms with Gasteiger partial charge in [0, 0.05) is 15.5 Å². The van der Waals surface area contributed by atoms with E-state index in [0.717, 1.165) is 5.56 Å². The van der Waals surface area contributed by atoms with Crippen LogP contribution in [0.25, 0.3) is 0 Å². The molecule has 1 N–H and O–H groups in total. The third kappa shape index (κ3) is 5.11. The lowest BCUT2D eigenvalue weighted by Crippen LogP contribution is -2.20. The second-order valence-electron chi connectivity index (χ2n) is 4.57. The van der Waals surface area contributed by atoms with Crippen molar-refractivity contribution in [3.05, 3.63) is 53.1 Å². The van der Waals surface area contributed by atoms with Crippen LogP contribution in [-0.2, 0) is 4.79 Å². The Kier molecular flexibility index (Phi) is 6.24. The van der Waals surface area contributed by atoms with Crippen molar-refractivity contribution in [2.45, 2.75) is 17.6 Å². The number of amides is 1. The van der Waals surface area contributed by atoms with Gasteiger partial charge in [0.25, 0.3) is 11.7 Å². The van der Waals surface area contributed by atoms with E-state index in [1.54, 1.807) is 43.3 Å². The first-order chi connectivity index (χ1) is 11.0. The topological polar surface area (TPSA) is 38.3 Å². The summed E-state index contributed by atoms with van der Waals surface area (Å²) >= 11 is 6.35. The van der Waals surface area contributed by atoms with E-state index in [9.17, 15) is 13.6 Å². The molecular formula is C16H14ClF2NO2S. The zero-order valence-electron chi connectivity index (χ0n) is 12.2. The Morgan fingerprint density at radius 1 is 1.26 bits per heavy atom. The first-order valence-corrected chi connectivity index (χ1v) is 7.94. The predicted octanol–water partition coefficient (Wildman–Crippen LogP) is 4.98. The highest BCUT2D eigenvalue weighted by molar-refractivity contribution is 7.99. The molecule has 122 valence electrons. The van der Waals surface area contributed by atoms with Crippen LogP contribution in [0.15, 0.2) is 47.4 Å². The number of halogens is 3. The summed E-state index contributed by atoms with van der Waals surface area (Å²) < 4.78 is 30.4. The Morgan fingerprint density at radius 3 is 2.74 bits per heavy atom. The maximum absolute atomic E-state index is 12.5. The van der Waals surface area contributed by atoms with Crippen molar-refractivity contribution in [3.63, 3.8) is 0 Å². The summed E-state index contributed by atoms with van der Waals surface area (Å²) in [6.45, 7) is 1.54. The van der Waals surface area contributed by atoms with E-state index in [0.29, 0.717) is 33.1 Å². The summed E-state index contributed by atoms with van der Waals surface area (Å²) in [6.07, 6.45) is 0. The van der Waals surface area contributed by atoms with Crippen molar-refractivity contribution in [1.82, 2.24) is 0 Å². The number of benzene rings is 2. The molecular weight excluding hydrogens is 344 g/mol. The van der Waals surface area contributed by atoms with Gasteiger partial charge in [-0.25, -0.2) is 0 Å². The van der Waals surface area contributed by atoms with Crippen molar-refractivity contribution in [1.29, 1.82) is 0 Å². The summed E-state index contributed by atoms with van der Waals surface area (Å²) in [7, 11) is 0. The minimum atomic E-state index is -2.56. The third-order valence-electron chi connectivity index (χ3n) is 2.95. The van der Waals surface area contributed by atoms with Crippen molar-refractivity contribution in [2.75, 3.05) is 11.9 Å². The fourth-order valence-corrected chi connectivity index (χ4v) is 2.60. The SMILES string of the molecule is Cc1c(Cl)cccc1OCC(=O)Nc1ccccc1SC(F)F. The third-order valence-corrected chi connectivity index (χ3v) is 4.15. The quantitative estimate of drug-likeness (QED) is 0.741.